The fraction of sp³-hybridized carbons (Fsp3) is 0.154. The van der Waals surface area contributed by atoms with Gasteiger partial charge >= 0.3 is 0 Å². The molecule has 96 valence electrons. The van der Waals surface area contributed by atoms with Crippen molar-refractivity contribution in [3.8, 4) is 0 Å². The average Bonchev–Trinajstić information content (AvgIpc) is 3.01. The number of aromatic nitrogens is 1. The third-order valence-corrected chi connectivity index (χ3v) is 3.68. The fourth-order valence-electron chi connectivity index (χ4n) is 1.99. The van der Waals surface area contributed by atoms with E-state index in [1.165, 1.54) is 18.4 Å². The van der Waals surface area contributed by atoms with Crippen LogP contribution in [0, 0.1) is 0 Å². The lowest BCUT2D eigenvalue weighted by atomic mass is 10.1. The summed E-state index contributed by atoms with van der Waals surface area (Å²) in [5.41, 5.74) is 4.45. The molecule has 2 heterocycles. The van der Waals surface area contributed by atoms with Gasteiger partial charge in [0.1, 0.15) is 0 Å². The summed E-state index contributed by atoms with van der Waals surface area (Å²) in [6.07, 6.45) is 0. The first-order valence-electron chi connectivity index (χ1n) is 5.74. The Hall–Kier alpha value is -2.21. The number of benzene rings is 1. The standard InChI is InChI=1S/C13H11N3O2S/c1-16-12(17)10-3-2-8(4-11(10)13(16)18)14-5-9-6-19-7-15-9/h2-4,6-7,14H,5H2,1H3. The minimum absolute atomic E-state index is 0.244. The van der Waals surface area contributed by atoms with Crippen molar-refractivity contribution < 1.29 is 9.59 Å². The summed E-state index contributed by atoms with van der Waals surface area (Å²) in [5, 5.41) is 5.15. The van der Waals surface area contributed by atoms with Crippen LogP contribution in [0.3, 0.4) is 0 Å². The third-order valence-electron chi connectivity index (χ3n) is 3.05. The van der Waals surface area contributed by atoms with Gasteiger partial charge in [0.15, 0.2) is 0 Å². The predicted octanol–water partition coefficient (Wildman–Crippen LogP) is 1.98. The van der Waals surface area contributed by atoms with E-state index in [4.69, 9.17) is 0 Å². The Morgan fingerprint density at radius 2 is 2.05 bits per heavy atom. The molecular weight excluding hydrogens is 262 g/mol. The molecule has 0 spiro atoms. The van der Waals surface area contributed by atoms with Gasteiger partial charge in [-0.3, -0.25) is 14.5 Å². The van der Waals surface area contributed by atoms with Gasteiger partial charge in [0.25, 0.3) is 11.8 Å². The van der Waals surface area contributed by atoms with Crippen molar-refractivity contribution in [3.63, 3.8) is 0 Å². The van der Waals surface area contributed by atoms with Gasteiger partial charge in [-0.25, -0.2) is 4.98 Å². The Labute approximate surface area is 113 Å². The third kappa shape index (κ3) is 2.00. The van der Waals surface area contributed by atoms with Crippen LogP contribution in [0.4, 0.5) is 5.69 Å². The smallest absolute Gasteiger partial charge is 0.261 e. The van der Waals surface area contributed by atoms with Crippen molar-refractivity contribution >= 4 is 28.8 Å². The Balaban J connectivity index is 1.83. The van der Waals surface area contributed by atoms with Crippen molar-refractivity contribution in [2.75, 3.05) is 12.4 Å². The van der Waals surface area contributed by atoms with Crippen molar-refractivity contribution in [1.29, 1.82) is 0 Å². The average molecular weight is 273 g/mol. The number of carbonyl (C=O) groups is 2. The van der Waals surface area contributed by atoms with E-state index in [1.807, 2.05) is 5.38 Å². The van der Waals surface area contributed by atoms with E-state index in [0.717, 1.165) is 16.3 Å². The second kappa shape index (κ2) is 4.47. The zero-order valence-corrected chi connectivity index (χ0v) is 11.0. The van der Waals surface area contributed by atoms with Gasteiger partial charge in [-0.1, -0.05) is 0 Å². The summed E-state index contributed by atoms with van der Waals surface area (Å²) in [4.78, 5) is 28.9. The summed E-state index contributed by atoms with van der Waals surface area (Å²) in [6.45, 7) is 0.597. The van der Waals surface area contributed by atoms with Crippen molar-refractivity contribution in [2.45, 2.75) is 6.54 Å². The molecule has 1 aromatic carbocycles. The molecule has 0 unspecified atom stereocenters. The molecule has 0 saturated carbocycles. The predicted molar refractivity (Wildman–Crippen MR) is 72.3 cm³/mol. The molecular formula is C13H11N3O2S. The zero-order valence-electron chi connectivity index (χ0n) is 10.2. The molecule has 0 saturated heterocycles. The van der Waals surface area contributed by atoms with Crippen LogP contribution in [-0.4, -0.2) is 28.7 Å². The second-order valence-corrected chi connectivity index (χ2v) is 4.98. The maximum absolute atomic E-state index is 11.9. The number of fused-ring (bicyclic) bond motifs is 1. The lowest BCUT2D eigenvalue weighted by Gasteiger charge is -2.05. The second-order valence-electron chi connectivity index (χ2n) is 4.26. The van der Waals surface area contributed by atoms with E-state index in [1.54, 1.807) is 23.7 Å². The number of thiazole rings is 1. The molecule has 2 amide bonds. The molecule has 19 heavy (non-hydrogen) atoms. The monoisotopic (exact) mass is 273 g/mol. The molecule has 0 aliphatic carbocycles. The molecule has 5 nitrogen and oxygen atoms in total. The zero-order chi connectivity index (χ0) is 13.4. The summed E-state index contributed by atoms with van der Waals surface area (Å²) in [6, 6.07) is 5.20. The maximum Gasteiger partial charge on any atom is 0.261 e. The number of nitrogens with zero attached hydrogens (tertiary/aromatic N) is 2. The van der Waals surface area contributed by atoms with Crippen LogP contribution in [0.25, 0.3) is 0 Å². The van der Waals surface area contributed by atoms with Crippen molar-refractivity contribution in [1.82, 2.24) is 9.88 Å². The number of anilines is 1. The van der Waals surface area contributed by atoms with Gasteiger partial charge in [-0.15, -0.1) is 11.3 Å². The molecule has 3 rings (SSSR count). The molecule has 0 atom stereocenters. The van der Waals surface area contributed by atoms with Crippen LogP contribution in [0.5, 0.6) is 0 Å². The summed E-state index contributed by atoms with van der Waals surface area (Å²) in [7, 11) is 1.49. The molecule has 0 bridgehead atoms. The topological polar surface area (TPSA) is 62.3 Å². The lowest BCUT2D eigenvalue weighted by Crippen LogP contribution is -2.24. The molecule has 0 fully saturated rings. The highest BCUT2D eigenvalue weighted by molar-refractivity contribution is 7.07. The number of hydrogen-bond donors (Lipinski definition) is 1. The first-order chi connectivity index (χ1) is 9.16. The number of nitrogens with one attached hydrogen (secondary N) is 1. The number of carbonyl (C=O) groups excluding carboxylic acids is 2. The van der Waals surface area contributed by atoms with Crippen molar-refractivity contribution in [3.05, 3.63) is 45.9 Å². The van der Waals surface area contributed by atoms with Gasteiger partial charge in [0.2, 0.25) is 0 Å². The Morgan fingerprint density at radius 1 is 1.26 bits per heavy atom. The molecule has 6 heteroatoms. The highest BCUT2D eigenvalue weighted by Crippen LogP contribution is 2.24. The molecule has 2 aromatic rings. The van der Waals surface area contributed by atoms with Gasteiger partial charge in [0.05, 0.1) is 28.9 Å². The fourth-order valence-corrected chi connectivity index (χ4v) is 2.55. The quantitative estimate of drug-likeness (QED) is 0.869. The number of imide groups is 1. The lowest BCUT2D eigenvalue weighted by molar-refractivity contribution is 0.0693. The minimum Gasteiger partial charge on any atom is -0.379 e. The van der Waals surface area contributed by atoms with E-state index < -0.39 is 0 Å². The first-order valence-corrected chi connectivity index (χ1v) is 6.68. The molecule has 1 N–H and O–H groups in total. The normalized spacial score (nSPS) is 13.8. The van der Waals surface area contributed by atoms with E-state index in [2.05, 4.69) is 10.3 Å². The van der Waals surface area contributed by atoms with Gasteiger partial charge in [-0.2, -0.15) is 0 Å². The SMILES string of the molecule is CN1C(=O)c2ccc(NCc3cscn3)cc2C1=O. The molecule has 1 aromatic heterocycles. The van der Waals surface area contributed by atoms with Gasteiger partial charge < -0.3 is 5.32 Å². The molecule has 1 aliphatic heterocycles. The summed E-state index contributed by atoms with van der Waals surface area (Å²) < 4.78 is 0. The van der Waals surface area contributed by atoms with Gasteiger partial charge in [-0.05, 0) is 18.2 Å². The van der Waals surface area contributed by atoms with Crippen LogP contribution < -0.4 is 5.32 Å². The minimum atomic E-state index is -0.252. The first kappa shape index (κ1) is 11.9. The Bertz CT molecular complexity index is 652. The largest absolute Gasteiger partial charge is 0.379 e. The highest BCUT2D eigenvalue weighted by atomic mass is 32.1. The maximum atomic E-state index is 11.9. The van der Waals surface area contributed by atoms with Crippen LogP contribution in [-0.2, 0) is 6.54 Å². The number of rotatable bonds is 3. The van der Waals surface area contributed by atoms with Crippen LogP contribution >= 0.6 is 11.3 Å². The highest BCUT2D eigenvalue weighted by Gasteiger charge is 2.32. The van der Waals surface area contributed by atoms with Crippen LogP contribution in [0.15, 0.2) is 29.1 Å². The van der Waals surface area contributed by atoms with Crippen LogP contribution in [0.2, 0.25) is 0 Å². The molecule has 1 aliphatic rings. The summed E-state index contributed by atoms with van der Waals surface area (Å²) in [5.74, 6) is -0.497. The molecule has 0 radical (unpaired) electrons. The van der Waals surface area contributed by atoms with E-state index in [0.29, 0.717) is 17.7 Å². The number of hydrogen-bond acceptors (Lipinski definition) is 5. The summed E-state index contributed by atoms with van der Waals surface area (Å²) >= 11 is 1.54. The Kier molecular flexibility index (Phi) is 2.79. The van der Waals surface area contributed by atoms with E-state index in [-0.39, 0.29) is 11.8 Å². The van der Waals surface area contributed by atoms with Gasteiger partial charge in [0, 0.05) is 18.1 Å². The van der Waals surface area contributed by atoms with Crippen molar-refractivity contribution in [2.24, 2.45) is 0 Å². The number of amides is 2. The van der Waals surface area contributed by atoms with E-state index in [9.17, 15) is 9.59 Å². The van der Waals surface area contributed by atoms with E-state index >= 15 is 0 Å². The Morgan fingerprint density at radius 3 is 2.79 bits per heavy atom. The van der Waals surface area contributed by atoms with Crippen LogP contribution in [0.1, 0.15) is 26.4 Å².